The fraction of sp³-hybridized carbons (Fsp3) is 0. The Kier molecular flexibility index (Phi) is 5.89. The molecule has 5 heteroatoms. The van der Waals surface area contributed by atoms with Gasteiger partial charge in [-0.25, -0.2) is 9.97 Å². The average molecular weight is 653 g/mol. The maximum Gasteiger partial charge on any atom is 0.235 e. The van der Waals surface area contributed by atoms with Crippen LogP contribution < -0.4 is 0 Å². The van der Waals surface area contributed by atoms with Gasteiger partial charge in [0.25, 0.3) is 0 Å². The molecular weight excluding hydrogens is 625 g/mol. The SMILES string of the molecule is c1ccc(-c2cc(-c3ccccc3)nc(-n3c4ccccc4c4c5c6ccccc6oc5c5c(c6ccccc6n5-c5ccccc5)c43)n2)cc1. The Hall–Kier alpha value is -6.98. The Morgan fingerprint density at radius 2 is 0.922 bits per heavy atom. The summed E-state index contributed by atoms with van der Waals surface area (Å²) < 4.78 is 11.6. The number of aromatic nitrogens is 4. The molecule has 5 nitrogen and oxygen atoms in total. The number of nitrogens with zero attached hydrogens (tertiary/aromatic N) is 4. The standard InChI is InChI=1S/C46H28N4O/c1-4-16-29(17-5-1)35-28-36(30-18-6-2-7-19-30)48-46(47-35)50-38-26-14-10-22-32(38)40-41-34-24-12-15-27-39(34)51-45(41)44-42(43(40)50)33-23-11-13-25-37(33)49(44)31-20-8-3-9-21-31/h1-28H. The summed E-state index contributed by atoms with van der Waals surface area (Å²) in [6.07, 6.45) is 0. The van der Waals surface area contributed by atoms with Crippen molar-refractivity contribution >= 4 is 65.6 Å². The van der Waals surface area contributed by atoms with Gasteiger partial charge in [0.2, 0.25) is 5.95 Å². The molecule has 0 saturated carbocycles. The van der Waals surface area contributed by atoms with Crippen molar-refractivity contribution in [3.63, 3.8) is 0 Å². The lowest BCUT2D eigenvalue weighted by molar-refractivity contribution is 0.671. The minimum absolute atomic E-state index is 0.617. The molecule has 0 fully saturated rings. The number of furan rings is 1. The highest BCUT2D eigenvalue weighted by molar-refractivity contribution is 6.39. The van der Waals surface area contributed by atoms with Crippen molar-refractivity contribution in [2.24, 2.45) is 0 Å². The maximum atomic E-state index is 6.92. The summed E-state index contributed by atoms with van der Waals surface area (Å²) in [4.78, 5) is 10.8. The van der Waals surface area contributed by atoms with Gasteiger partial charge >= 0.3 is 0 Å². The van der Waals surface area contributed by atoms with E-state index in [-0.39, 0.29) is 0 Å². The van der Waals surface area contributed by atoms with Gasteiger partial charge in [-0.05, 0) is 36.4 Å². The summed E-state index contributed by atoms with van der Waals surface area (Å²) in [6.45, 7) is 0. The minimum atomic E-state index is 0.617. The van der Waals surface area contributed by atoms with E-state index >= 15 is 0 Å². The molecule has 0 saturated heterocycles. The first-order chi connectivity index (χ1) is 25.3. The molecule has 0 aliphatic heterocycles. The number of benzene rings is 7. The molecule has 238 valence electrons. The van der Waals surface area contributed by atoms with Gasteiger partial charge in [0.05, 0.1) is 33.5 Å². The maximum absolute atomic E-state index is 6.92. The molecule has 0 spiro atoms. The second-order valence-electron chi connectivity index (χ2n) is 13.0. The molecule has 0 amide bonds. The van der Waals surface area contributed by atoms with Crippen molar-refractivity contribution in [3.05, 3.63) is 170 Å². The average Bonchev–Trinajstić information content (AvgIpc) is 3.87. The summed E-state index contributed by atoms with van der Waals surface area (Å²) in [5.74, 6) is 0.617. The van der Waals surface area contributed by atoms with Crippen LogP contribution in [0.4, 0.5) is 0 Å². The number of hydrogen-bond acceptors (Lipinski definition) is 3. The normalized spacial score (nSPS) is 11.9. The van der Waals surface area contributed by atoms with Crippen LogP contribution in [0.2, 0.25) is 0 Å². The van der Waals surface area contributed by atoms with E-state index in [1.165, 1.54) is 0 Å². The van der Waals surface area contributed by atoms with Crippen LogP contribution in [0.15, 0.2) is 174 Å². The van der Waals surface area contributed by atoms with Crippen molar-refractivity contribution < 1.29 is 4.42 Å². The van der Waals surface area contributed by atoms with Gasteiger partial charge < -0.3 is 8.98 Å². The first kappa shape index (κ1) is 27.9. The predicted octanol–water partition coefficient (Wildman–Crippen LogP) is 11.9. The lowest BCUT2D eigenvalue weighted by atomic mass is 10.0. The van der Waals surface area contributed by atoms with Crippen molar-refractivity contribution in [1.82, 2.24) is 19.1 Å². The van der Waals surface area contributed by atoms with E-state index in [1.54, 1.807) is 0 Å². The van der Waals surface area contributed by atoms with Crippen LogP contribution in [0.5, 0.6) is 0 Å². The van der Waals surface area contributed by atoms with Gasteiger partial charge in [-0.3, -0.25) is 4.57 Å². The molecule has 0 N–H and O–H groups in total. The molecule has 0 aliphatic rings. The molecule has 4 heterocycles. The van der Waals surface area contributed by atoms with Crippen LogP contribution in [0.3, 0.4) is 0 Å². The second-order valence-corrected chi connectivity index (χ2v) is 13.0. The zero-order valence-corrected chi connectivity index (χ0v) is 27.4. The van der Waals surface area contributed by atoms with E-state index in [1.807, 2.05) is 18.2 Å². The van der Waals surface area contributed by atoms with E-state index in [0.717, 1.165) is 93.8 Å². The lowest BCUT2D eigenvalue weighted by Crippen LogP contribution is -2.04. The van der Waals surface area contributed by atoms with Crippen molar-refractivity contribution in [3.8, 4) is 34.2 Å². The molecule has 7 aromatic carbocycles. The van der Waals surface area contributed by atoms with Crippen molar-refractivity contribution in [2.45, 2.75) is 0 Å². The molecule has 0 atom stereocenters. The van der Waals surface area contributed by atoms with Crippen LogP contribution in [0.25, 0.3) is 99.7 Å². The Morgan fingerprint density at radius 3 is 1.57 bits per heavy atom. The Bertz CT molecular complexity index is 3060. The summed E-state index contributed by atoms with van der Waals surface area (Å²) in [7, 11) is 0. The van der Waals surface area contributed by atoms with E-state index in [9.17, 15) is 0 Å². The number of hydrogen-bond donors (Lipinski definition) is 0. The molecule has 0 radical (unpaired) electrons. The molecule has 0 aliphatic carbocycles. The highest BCUT2D eigenvalue weighted by Gasteiger charge is 2.28. The molecular formula is C46H28N4O. The molecule has 4 aromatic heterocycles. The highest BCUT2D eigenvalue weighted by atomic mass is 16.3. The fourth-order valence-electron chi connectivity index (χ4n) is 7.99. The smallest absolute Gasteiger partial charge is 0.235 e. The number of rotatable bonds is 4. The lowest BCUT2D eigenvalue weighted by Gasteiger charge is -2.13. The third-order valence-electron chi connectivity index (χ3n) is 10.1. The Labute approximate surface area is 292 Å². The topological polar surface area (TPSA) is 48.8 Å². The van der Waals surface area contributed by atoms with Gasteiger partial charge in [0, 0.05) is 49.1 Å². The molecule has 0 bridgehead atoms. The first-order valence-electron chi connectivity index (χ1n) is 17.2. The third kappa shape index (κ3) is 4.03. The van der Waals surface area contributed by atoms with Crippen LogP contribution in [-0.2, 0) is 0 Å². The molecule has 11 rings (SSSR count). The van der Waals surface area contributed by atoms with Crippen LogP contribution in [0.1, 0.15) is 0 Å². The first-order valence-corrected chi connectivity index (χ1v) is 17.2. The van der Waals surface area contributed by atoms with Gasteiger partial charge in [-0.2, -0.15) is 0 Å². The van der Waals surface area contributed by atoms with Gasteiger partial charge in [0.1, 0.15) is 5.58 Å². The summed E-state index contributed by atoms with van der Waals surface area (Å²) in [5, 5.41) is 6.65. The molecule has 11 aromatic rings. The van der Waals surface area contributed by atoms with Crippen molar-refractivity contribution in [1.29, 1.82) is 0 Å². The summed E-state index contributed by atoms with van der Waals surface area (Å²) in [6, 6.07) is 59.1. The fourth-order valence-corrected chi connectivity index (χ4v) is 7.99. The largest absolute Gasteiger partial charge is 0.454 e. The highest BCUT2D eigenvalue weighted by Crippen LogP contribution is 2.49. The minimum Gasteiger partial charge on any atom is -0.454 e. The third-order valence-corrected chi connectivity index (χ3v) is 10.1. The van der Waals surface area contributed by atoms with Gasteiger partial charge in [-0.1, -0.05) is 133 Å². The predicted molar refractivity (Wildman–Crippen MR) is 209 cm³/mol. The molecule has 51 heavy (non-hydrogen) atoms. The Balaban J connectivity index is 1.41. The van der Waals surface area contributed by atoms with Crippen molar-refractivity contribution in [2.75, 3.05) is 0 Å². The van der Waals surface area contributed by atoms with Gasteiger partial charge in [0.15, 0.2) is 5.58 Å². The second kappa shape index (κ2) is 10.8. The quantitative estimate of drug-likeness (QED) is 0.190. The Morgan fingerprint density at radius 1 is 0.412 bits per heavy atom. The van der Waals surface area contributed by atoms with E-state index < -0.39 is 0 Å². The number of fused-ring (bicyclic) bond motifs is 12. The van der Waals surface area contributed by atoms with Gasteiger partial charge in [-0.15, -0.1) is 0 Å². The van der Waals surface area contributed by atoms with E-state index in [2.05, 4.69) is 161 Å². The van der Waals surface area contributed by atoms with Crippen LogP contribution in [0, 0.1) is 0 Å². The molecule has 0 unspecified atom stereocenters. The van der Waals surface area contributed by atoms with E-state index in [0.29, 0.717) is 5.95 Å². The summed E-state index contributed by atoms with van der Waals surface area (Å²) >= 11 is 0. The number of para-hydroxylation sites is 4. The zero-order valence-electron chi connectivity index (χ0n) is 27.4. The zero-order chi connectivity index (χ0) is 33.5. The monoisotopic (exact) mass is 652 g/mol. The summed E-state index contributed by atoms with van der Waals surface area (Å²) in [5.41, 5.74) is 10.8. The van der Waals surface area contributed by atoms with E-state index in [4.69, 9.17) is 14.4 Å². The van der Waals surface area contributed by atoms with Crippen LogP contribution >= 0.6 is 0 Å². The van der Waals surface area contributed by atoms with Crippen LogP contribution in [-0.4, -0.2) is 19.1 Å².